The Labute approximate surface area is 203 Å². The van der Waals surface area contributed by atoms with Crippen LogP contribution in [0.4, 0.5) is 5.69 Å². The molecule has 33 heavy (non-hydrogen) atoms. The number of amidine groups is 1. The molecule has 6 nitrogen and oxygen atoms in total. The lowest BCUT2D eigenvalue weighted by molar-refractivity contribution is -0.115. The minimum atomic E-state index is -0.978. The average Bonchev–Trinajstić information content (AvgIpc) is 3.14. The zero-order chi connectivity index (χ0) is 23.4. The highest BCUT2D eigenvalue weighted by atomic mass is 35.5. The topological polar surface area (TPSA) is 88.0 Å². The van der Waals surface area contributed by atoms with E-state index < -0.39 is 5.97 Å². The van der Waals surface area contributed by atoms with Crippen molar-refractivity contribution in [2.75, 3.05) is 0 Å². The van der Waals surface area contributed by atoms with E-state index >= 15 is 0 Å². The Kier molecular flexibility index (Phi) is 7.03. The van der Waals surface area contributed by atoms with Crippen LogP contribution < -0.4 is 10.1 Å². The second-order valence-electron chi connectivity index (χ2n) is 6.94. The minimum Gasteiger partial charge on any atom is -0.489 e. The molecule has 2 N–H and O–H groups in total. The smallest absolute Gasteiger partial charge is 0.335 e. The van der Waals surface area contributed by atoms with E-state index in [0.717, 1.165) is 11.1 Å². The van der Waals surface area contributed by atoms with Crippen LogP contribution in [0.1, 0.15) is 21.5 Å². The van der Waals surface area contributed by atoms with E-state index in [9.17, 15) is 9.59 Å². The van der Waals surface area contributed by atoms with Crippen LogP contribution in [0.2, 0.25) is 10.0 Å². The van der Waals surface area contributed by atoms with Gasteiger partial charge in [-0.15, -0.1) is 0 Å². The normalized spacial score (nSPS) is 15.6. The molecule has 0 saturated carbocycles. The predicted molar refractivity (Wildman–Crippen MR) is 131 cm³/mol. The Balaban J connectivity index is 1.40. The summed E-state index contributed by atoms with van der Waals surface area (Å²) < 4.78 is 5.74. The molecule has 3 aromatic rings. The van der Waals surface area contributed by atoms with Gasteiger partial charge >= 0.3 is 5.97 Å². The molecule has 1 fully saturated rings. The van der Waals surface area contributed by atoms with Gasteiger partial charge in [0.05, 0.1) is 26.2 Å². The molecule has 166 valence electrons. The number of thioether (sulfide) groups is 1. The summed E-state index contributed by atoms with van der Waals surface area (Å²) in [5.41, 5.74) is 2.38. The highest BCUT2D eigenvalue weighted by Gasteiger charge is 2.23. The third-order valence-electron chi connectivity index (χ3n) is 4.54. The summed E-state index contributed by atoms with van der Waals surface area (Å²) in [6.45, 7) is 0.244. The van der Waals surface area contributed by atoms with Crippen LogP contribution in [-0.2, 0) is 11.4 Å². The molecule has 0 aromatic heterocycles. The van der Waals surface area contributed by atoms with Crippen LogP contribution in [0.3, 0.4) is 0 Å². The van der Waals surface area contributed by atoms with Crippen LogP contribution in [-0.4, -0.2) is 22.2 Å². The number of ether oxygens (including phenoxy) is 1. The Morgan fingerprint density at radius 3 is 2.58 bits per heavy atom. The molecule has 1 aliphatic rings. The average molecular weight is 499 g/mol. The van der Waals surface area contributed by atoms with Gasteiger partial charge in [-0.3, -0.25) is 4.79 Å². The number of nitrogens with zero attached hydrogens (tertiary/aromatic N) is 1. The van der Waals surface area contributed by atoms with Gasteiger partial charge in [0, 0.05) is 0 Å². The molecule has 0 radical (unpaired) electrons. The first-order valence-electron chi connectivity index (χ1n) is 9.67. The maximum atomic E-state index is 12.3. The first-order valence-corrected chi connectivity index (χ1v) is 11.2. The highest BCUT2D eigenvalue weighted by molar-refractivity contribution is 8.18. The first-order chi connectivity index (χ1) is 15.9. The monoisotopic (exact) mass is 498 g/mol. The number of halogens is 2. The van der Waals surface area contributed by atoms with Gasteiger partial charge in [-0.25, -0.2) is 9.79 Å². The second kappa shape index (κ2) is 10.1. The van der Waals surface area contributed by atoms with E-state index in [1.807, 2.05) is 12.1 Å². The van der Waals surface area contributed by atoms with Crippen molar-refractivity contribution in [3.63, 3.8) is 0 Å². The first kappa shape index (κ1) is 22.9. The third kappa shape index (κ3) is 5.96. The number of carbonyl (C=O) groups is 2. The van der Waals surface area contributed by atoms with E-state index in [1.54, 1.807) is 54.6 Å². The highest BCUT2D eigenvalue weighted by Crippen LogP contribution is 2.31. The number of aromatic carboxylic acids is 1. The summed E-state index contributed by atoms with van der Waals surface area (Å²) >= 11 is 13.2. The summed E-state index contributed by atoms with van der Waals surface area (Å²) in [6.07, 6.45) is 1.76. The van der Waals surface area contributed by atoms with Crippen LogP contribution in [0, 0.1) is 0 Å². The number of carbonyl (C=O) groups excluding carboxylic acids is 1. The van der Waals surface area contributed by atoms with Crippen molar-refractivity contribution in [1.29, 1.82) is 0 Å². The number of hydrogen-bond donors (Lipinski definition) is 2. The quantitative estimate of drug-likeness (QED) is 0.397. The van der Waals surface area contributed by atoms with Crippen molar-refractivity contribution in [2.45, 2.75) is 6.61 Å². The standard InChI is InChI=1S/C24H16Cl2N2O4S/c25-19-9-6-17(12-20(19)26)27-24-28-22(29)21(33-24)11-14-4-7-18(8-5-14)32-13-15-2-1-3-16(10-15)23(30)31/h1-12H,13H2,(H,30,31)(H,27,28,29)/b21-11-. The Morgan fingerprint density at radius 1 is 1.06 bits per heavy atom. The van der Waals surface area contributed by atoms with Crippen molar-refractivity contribution in [1.82, 2.24) is 5.32 Å². The molecule has 0 unspecified atom stereocenters. The zero-order valence-corrected chi connectivity index (χ0v) is 19.2. The van der Waals surface area contributed by atoms with Crippen LogP contribution >= 0.6 is 35.0 Å². The Bertz CT molecular complexity index is 1290. The minimum absolute atomic E-state index is 0.215. The zero-order valence-electron chi connectivity index (χ0n) is 16.9. The summed E-state index contributed by atoms with van der Waals surface area (Å²) in [6, 6.07) is 18.8. The van der Waals surface area contributed by atoms with Crippen molar-refractivity contribution < 1.29 is 19.4 Å². The summed E-state index contributed by atoms with van der Waals surface area (Å²) in [4.78, 5) is 28.3. The molecule has 0 bridgehead atoms. The van der Waals surface area contributed by atoms with Crippen molar-refractivity contribution in [3.05, 3.63) is 98.4 Å². The van der Waals surface area contributed by atoms with E-state index in [1.165, 1.54) is 17.8 Å². The van der Waals surface area contributed by atoms with E-state index in [2.05, 4.69) is 10.3 Å². The molecular formula is C24H16Cl2N2O4S. The molecule has 0 atom stereocenters. The van der Waals surface area contributed by atoms with Gasteiger partial charge in [0.25, 0.3) is 5.91 Å². The van der Waals surface area contributed by atoms with Crippen molar-refractivity contribution >= 4 is 63.8 Å². The van der Waals surface area contributed by atoms with Gasteiger partial charge in [-0.1, -0.05) is 47.5 Å². The molecule has 1 amide bonds. The number of carboxylic acid groups (broad SMARTS) is 1. The molecule has 1 saturated heterocycles. The fourth-order valence-electron chi connectivity index (χ4n) is 2.92. The molecule has 4 rings (SSSR count). The van der Waals surface area contributed by atoms with E-state index in [4.69, 9.17) is 33.0 Å². The van der Waals surface area contributed by atoms with Gasteiger partial charge in [0.2, 0.25) is 0 Å². The Hall–Kier alpha value is -3.26. The fourth-order valence-corrected chi connectivity index (χ4v) is 4.06. The molecule has 1 aliphatic heterocycles. The van der Waals surface area contributed by atoms with Gasteiger partial charge in [0.15, 0.2) is 5.17 Å². The number of hydrogen-bond acceptors (Lipinski definition) is 5. The van der Waals surface area contributed by atoms with Crippen LogP contribution in [0.15, 0.2) is 76.6 Å². The largest absolute Gasteiger partial charge is 0.489 e. The number of carboxylic acids is 1. The van der Waals surface area contributed by atoms with Crippen molar-refractivity contribution in [2.24, 2.45) is 4.99 Å². The van der Waals surface area contributed by atoms with E-state index in [-0.39, 0.29) is 18.1 Å². The lowest BCUT2D eigenvalue weighted by Gasteiger charge is -2.07. The molecule has 3 aromatic carbocycles. The second-order valence-corrected chi connectivity index (χ2v) is 8.79. The van der Waals surface area contributed by atoms with Crippen LogP contribution in [0.25, 0.3) is 6.08 Å². The Morgan fingerprint density at radius 2 is 1.85 bits per heavy atom. The molecule has 0 spiro atoms. The van der Waals surface area contributed by atoms with Crippen LogP contribution in [0.5, 0.6) is 5.75 Å². The summed E-state index contributed by atoms with van der Waals surface area (Å²) in [5.74, 6) is -0.589. The lowest BCUT2D eigenvalue weighted by atomic mass is 10.1. The lowest BCUT2D eigenvalue weighted by Crippen LogP contribution is -2.19. The number of aliphatic imine (C=N–C) groups is 1. The molecular weight excluding hydrogens is 483 g/mol. The maximum absolute atomic E-state index is 12.3. The predicted octanol–water partition coefficient (Wildman–Crippen LogP) is 6.16. The summed E-state index contributed by atoms with van der Waals surface area (Å²) in [5, 5.41) is 13.1. The third-order valence-corrected chi connectivity index (χ3v) is 6.19. The molecule has 0 aliphatic carbocycles. The maximum Gasteiger partial charge on any atom is 0.335 e. The fraction of sp³-hybridized carbons (Fsp3) is 0.0417. The van der Waals surface area contributed by atoms with Gasteiger partial charge in [0.1, 0.15) is 12.4 Å². The number of rotatable bonds is 6. The number of nitrogens with one attached hydrogen (secondary N) is 1. The van der Waals surface area contributed by atoms with Gasteiger partial charge in [-0.2, -0.15) is 0 Å². The van der Waals surface area contributed by atoms with Gasteiger partial charge < -0.3 is 15.2 Å². The SMILES string of the molecule is O=C1NC(=Nc2ccc(Cl)c(Cl)c2)S/C1=C\c1ccc(OCc2cccc(C(=O)O)c2)cc1. The molecule has 1 heterocycles. The molecule has 9 heteroatoms. The number of benzene rings is 3. The van der Waals surface area contributed by atoms with E-state index in [0.29, 0.717) is 31.6 Å². The summed E-state index contributed by atoms with van der Waals surface area (Å²) in [7, 11) is 0. The van der Waals surface area contributed by atoms with Crippen molar-refractivity contribution in [3.8, 4) is 5.75 Å². The number of amides is 1. The van der Waals surface area contributed by atoms with Gasteiger partial charge in [-0.05, 0) is 71.4 Å².